The zero-order valence-corrected chi connectivity index (χ0v) is 11.9. The number of nitrogens with one attached hydrogen (secondary N) is 1. The van der Waals surface area contributed by atoms with E-state index in [0.717, 1.165) is 38.5 Å². The van der Waals surface area contributed by atoms with E-state index in [4.69, 9.17) is 4.74 Å². The van der Waals surface area contributed by atoms with Crippen LogP contribution in [0.2, 0.25) is 0 Å². The van der Waals surface area contributed by atoms with Gasteiger partial charge < -0.3 is 10.1 Å². The van der Waals surface area contributed by atoms with Crippen LogP contribution < -0.4 is 5.32 Å². The zero-order valence-electron chi connectivity index (χ0n) is 11.9. The van der Waals surface area contributed by atoms with Crippen molar-refractivity contribution in [3.63, 3.8) is 0 Å². The fourth-order valence-corrected chi connectivity index (χ4v) is 1.85. The van der Waals surface area contributed by atoms with Crippen LogP contribution in [-0.4, -0.2) is 24.7 Å². The minimum atomic E-state index is 0.372. The monoisotopic (exact) mass is 250 g/mol. The average Bonchev–Trinajstić information content (AvgIpc) is 2.38. The molecule has 1 N–H and O–H groups in total. The molecule has 0 aliphatic carbocycles. The minimum Gasteiger partial charge on any atom is -0.381 e. The first-order valence-corrected chi connectivity index (χ1v) is 6.95. The van der Waals surface area contributed by atoms with E-state index >= 15 is 0 Å². The van der Waals surface area contributed by atoms with Crippen molar-refractivity contribution >= 4 is 0 Å². The van der Waals surface area contributed by atoms with Gasteiger partial charge in [0.25, 0.3) is 0 Å². The summed E-state index contributed by atoms with van der Waals surface area (Å²) in [6.45, 7) is 9.23. The van der Waals surface area contributed by atoms with E-state index in [2.05, 4.69) is 43.2 Å². The SMILES string of the molecule is CCNC(CCOCCC(C)C)c1ccncc1. The lowest BCUT2D eigenvalue weighted by Gasteiger charge is -2.18. The molecule has 1 rings (SSSR count). The number of rotatable bonds is 9. The molecule has 0 aliphatic heterocycles. The van der Waals surface area contributed by atoms with Crippen LogP contribution >= 0.6 is 0 Å². The van der Waals surface area contributed by atoms with Crippen LogP contribution in [0.1, 0.15) is 45.2 Å². The Morgan fingerprint density at radius 2 is 1.83 bits per heavy atom. The van der Waals surface area contributed by atoms with Gasteiger partial charge in [0.05, 0.1) is 0 Å². The Bertz CT molecular complexity index is 301. The van der Waals surface area contributed by atoms with Crippen molar-refractivity contribution in [2.24, 2.45) is 5.92 Å². The summed E-state index contributed by atoms with van der Waals surface area (Å²) in [7, 11) is 0. The third-order valence-corrected chi connectivity index (χ3v) is 2.95. The van der Waals surface area contributed by atoms with E-state index in [1.807, 2.05) is 12.4 Å². The summed E-state index contributed by atoms with van der Waals surface area (Å²) in [5, 5.41) is 3.49. The summed E-state index contributed by atoms with van der Waals surface area (Å²) in [5.41, 5.74) is 1.29. The van der Waals surface area contributed by atoms with Gasteiger partial charge in [-0.2, -0.15) is 0 Å². The molecule has 0 spiro atoms. The summed E-state index contributed by atoms with van der Waals surface area (Å²) in [5.74, 6) is 0.717. The fourth-order valence-electron chi connectivity index (χ4n) is 1.85. The predicted octanol–water partition coefficient (Wildman–Crippen LogP) is 3.19. The number of ether oxygens (including phenoxy) is 1. The first-order valence-electron chi connectivity index (χ1n) is 6.95. The molecule has 0 saturated carbocycles. The molecule has 0 aromatic carbocycles. The van der Waals surface area contributed by atoms with Gasteiger partial charge in [-0.3, -0.25) is 4.98 Å². The summed E-state index contributed by atoms with van der Waals surface area (Å²) in [4.78, 5) is 4.06. The van der Waals surface area contributed by atoms with Gasteiger partial charge in [-0.15, -0.1) is 0 Å². The van der Waals surface area contributed by atoms with Crippen LogP contribution in [0.3, 0.4) is 0 Å². The molecular weight excluding hydrogens is 224 g/mol. The van der Waals surface area contributed by atoms with E-state index < -0.39 is 0 Å². The molecule has 1 heterocycles. The molecule has 1 atom stereocenters. The lowest BCUT2D eigenvalue weighted by atomic mass is 10.1. The standard InChI is InChI=1S/C15H26N2O/c1-4-17-15(14-5-9-16-10-6-14)8-12-18-11-7-13(2)3/h5-6,9-10,13,15,17H,4,7-8,11-12H2,1-3H3. The van der Waals surface area contributed by atoms with Crippen molar-refractivity contribution in [3.8, 4) is 0 Å². The summed E-state index contributed by atoms with van der Waals surface area (Å²) in [6, 6.07) is 4.51. The molecule has 0 saturated heterocycles. The maximum atomic E-state index is 5.69. The van der Waals surface area contributed by atoms with Crippen LogP contribution in [0.25, 0.3) is 0 Å². The lowest BCUT2D eigenvalue weighted by Crippen LogP contribution is -2.22. The highest BCUT2D eigenvalue weighted by atomic mass is 16.5. The van der Waals surface area contributed by atoms with Gasteiger partial charge in [-0.1, -0.05) is 20.8 Å². The molecule has 3 nitrogen and oxygen atoms in total. The van der Waals surface area contributed by atoms with Gasteiger partial charge in [-0.25, -0.2) is 0 Å². The first kappa shape index (κ1) is 15.1. The van der Waals surface area contributed by atoms with Gasteiger partial charge in [0.15, 0.2) is 0 Å². The van der Waals surface area contributed by atoms with E-state index in [9.17, 15) is 0 Å². The number of aromatic nitrogens is 1. The molecule has 0 amide bonds. The number of hydrogen-bond donors (Lipinski definition) is 1. The van der Waals surface area contributed by atoms with Crippen LogP contribution in [0.15, 0.2) is 24.5 Å². The number of nitrogens with zero attached hydrogens (tertiary/aromatic N) is 1. The van der Waals surface area contributed by atoms with Crippen molar-refractivity contribution < 1.29 is 4.74 Å². The maximum Gasteiger partial charge on any atom is 0.0484 e. The van der Waals surface area contributed by atoms with Gasteiger partial charge >= 0.3 is 0 Å². The van der Waals surface area contributed by atoms with E-state index in [0.29, 0.717) is 6.04 Å². The summed E-state index contributed by atoms with van der Waals surface area (Å²) < 4.78 is 5.69. The molecule has 102 valence electrons. The second-order valence-corrected chi connectivity index (χ2v) is 4.97. The molecule has 1 aromatic heterocycles. The Morgan fingerprint density at radius 1 is 1.17 bits per heavy atom. The van der Waals surface area contributed by atoms with Crippen LogP contribution in [0, 0.1) is 5.92 Å². The van der Waals surface area contributed by atoms with Crippen molar-refractivity contribution in [1.29, 1.82) is 0 Å². The molecule has 1 aromatic rings. The zero-order chi connectivity index (χ0) is 13.2. The Hall–Kier alpha value is -0.930. The Kier molecular flexibility index (Phi) is 7.62. The van der Waals surface area contributed by atoms with E-state index in [1.165, 1.54) is 5.56 Å². The largest absolute Gasteiger partial charge is 0.381 e. The van der Waals surface area contributed by atoms with Gasteiger partial charge in [0.2, 0.25) is 0 Å². The van der Waals surface area contributed by atoms with Crippen molar-refractivity contribution in [2.45, 2.75) is 39.7 Å². The highest BCUT2D eigenvalue weighted by molar-refractivity contribution is 5.14. The average molecular weight is 250 g/mol. The molecule has 3 heteroatoms. The Morgan fingerprint density at radius 3 is 2.44 bits per heavy atom. The molecule has 0 bridgehead atoms. The molecule has 18 heavy (non-hydrogen) atoms. The quantitative estimate of drug-likeness (QED) is 0.683. The van der Waals surface area contributed by atoms with E-state index in [1.54, 1.807) is 0 Å². The lowest BCUT2D eigenvalue weighted by molar-refractivity contribution is 0.114. The van der Waals surface area contributed by atoms with E-state index in [-0.39, 0.29) is 0 Å². The highest BCUT2D eigenvalue weighted by Gasteiger charge is 2.09. The topological polar surface area (TPSA) is 34.1 Å². The third-order valence-electron chi connectivity index (χ3n) is 2.95. The maximum absolute atomic E-state index is 5.69. The predicted molar refractivity (Wildman–Crippen MR) is 75.5 cm³/mol. The van der Waals surface area contributed by atoms with Gasteiger partial charge in [-0.05, 0) is 43.0 Å². The molecule has 0 radical (unpaired) electrons. The molecule has 0 fully saturated rings. The van der Waals surface area contributed by atoms with Gasteiger partial charge in [0, 0.05) is 31.6 Å². The van der Waals surface area contributed by atoms with Crippen molar-refractivity contribution in [2.75, 3.05) is 19.8 Å². The highest BCUT2D eigenvalue weighted by Crippen LogP contribution is 2.15. The minimum absolute atomic E-state index is 0.372. The van der Waals surface area contributed by atoms with Crippen molar-refractivity contribution in [1.82, 2.24) is 10.3 Å². The smallest absolute Gasteiger partial charge is 0.0484 e. The number of hydrogen-bond acceptors (Lipinski definition) is 3. The second kappa shape index (κ2) is 9.06. The summed E-state index contributed by atoms with van der Waals surface area (Å²) in [6.07, 6.45) is 5.84. The van der Waals surface area contributed by atoms with Crippen LogP contribution in [0.5, 0.6) is 0 Å². The number of pyridine rings is 1. The summed E-state index contributed by atoms with van der Waals surface area (Å²) >= 11 is 0. The van der Waals surface area contributed by atoms with Gasteiger partial charge in [0.1, 0.15) is 0 Å². The Balaban J connectivity index is 2.31. The van der Waals surface area contributed by atoms with Crippen LogP contribution in [-0.2, 0) is 4.74 Å². The molecule has 1 unspecified atom stereocenters. The first-order chi connectivity index (χ1) is 8.74. The van der Waals surface area contributed by atoms with Crippen LogP contribution in [0.4, 0.5) is 0 Å². The Labute approximate surface area is 111 Å². The third kappa shape index (κ3) is 6.12. The fraction of sp³-hybridized carbons (Fsp3) is 0.667. The second-order valence-electron chi connectivity index (χ2n) is 4.97. The molecular formula is C15H26N2O. The van der Waals surface area contributed by atoms with Crippen molar-refractivity contribution in [3.05, 3.63) is 30.1 Å². The molecule has 0 aliphatic rings. The normalized spacial score (nSPS) is 12.9.